The molecule has 0 heterocycles. The van der Waals surface area contributed by atoms with Crippen LogP contribution in [0, 0.1) is 0 Å². The topological polar surface area (TPSA) is 52.0 Å². The van der Waals surface area contributed by atoms with E-state index >= 15 is 0 Å². The summed E-state index contributed by atoms with van der Waals surface area (Å²) in [4.78, 5) is 0. The second kappa shape index (κ2) is 22.3. The van der Waals surface area contributed by atoms with Gasteiger partial charge in [0.05, 0.1) is 0 Å². The maximum Gasteiger partial charge on any atom is 0.0314 e. The lowest BCUT2D eigenvalue weighted by molar-refractivity contribution is 0.527. The van der Waals surface area contributed by atoms with Gasteiger partial charge in [0, 0.05) is 23.2 Å². The zero-order valence-electron chi connectivity index (χ0n) is 31.9. The molecule has 0 fully saturated rings. The van der Waals surface area contributed by atoms with Gasteiger partial charge in [-0.15, -0.1) is 0 Å². The Morgan fingerprint density at radius 3 is 1.12 bits per heavy atom. The van der Waals surface area contributed by atoms with Crippen molar-refractivity contribution < 1.29 is 0 Å². The second-order valence-electron chi connectivity index (χ2n) is 15.0. The van der Waals surface area contributed by atoms with Crippen LogP contribution in [0.5, 0.6) is 0 Å². The smallest absolute Gasteiger partial charge is 0.0314 e. The van der Waals surface area contributed by atoms with Gasteiger partial charge in [-0.05, 0) is 89.2 Å². The summed E-state index contributed by atoms with van der Waals surface area (Å²) < 4.78 is 0. The fourth-order valence-corrected chi connectivity index (χ4v) is 7.79. The number of rotatable bonds is 24. The summed E-state index contributed by atoms with van der Waals surface area (Å²) in [5.74, 6) is 1.37. The molecule has 2 nitrogen and oxygen atoms in total. The molecule has 0 bridgehead atoms. The maximum atomic E-state index is 6.06. The van der Waals surface area contributed by atoms with E-state index in [1.807, 2.05) is 0 Å². The molecule has 0 aliphatic heterocycles. The van der Waals surface area contributed by atoms with Crippen LogP contribution in [0.3, 0.4) is 0 Å². The summed E-state index contributed by atoms with van der Waals surface area (Å²) in [6.45, 7) is 6.88. The number of benzene rings is 4. The first-order chi connectivity index (χ1) is 24.5. The average Bonchev–Trinajstić information content (AvgIpc) is 3.14. The van der Waals surface area contributed by atoms with Gasteiger partial charge in [-0.1, -0.05) is 183 Å². The van der Waals surface area contributed by atoms with Gasteiger partial charge < -0.3 is 11.5 Å². The van der Waals surface area contributed by atoms with Gasteiger partial charge >= 0.3 is 0 Å². The summed E-state index contributed by atoms with van der Waals surface area (Å²) in [5.41, 5.74) is 22.3. The highest BCUT2D eigenvalue weighted by Crippen LogP contribution is 2.35. The van der Waals surface area contributed by atoms with Gasteiger partial charge in [0.2, 0.25) is 0 Å². The van der Waals surface area contributed by atoms with E-state index in [2.05, 4.69) is 118 Å². The first-order valence-corrected chi connectivity index (χ1v) is 20.4. The van der Waals surface area contributed by atoms with Gasteiger partial charge in [-0.3, -0.25) is 0 Å². The van der Waals surface area contributed by atoms with Crippen molar-refractivity contribution >= 4 is 11.4 Å². The molecule has 0 saturated heterocycles. The zero-order valence-corrected chi connectivity index (χ0v) is 31.9. The summed E-state index contributed by atoms with van der Waals surface area (Å²) in [6.07, 6.45) is 23.2. The largest absolute Gasteiger partial charge is 0.399 e. The summed E-state index contributed by atoms with van der Waals surface area (Å²) in [6, 6.07) is 36.6. The van der Waals surface area contributed by atoms with Crippen molar-refractivity contribution in [1.29, 1.82) is 0 Å². The van der Waals surface area contributed by atoms with Crippen molar-refractivity contribution in [1.82, 2.24) is 0 Å². The molecule has 0 aromatic heterocycles. The van der Waals surface area contributed by atoms with Crippen LogP contribution in [0.1, 0.15) is 181 Å². The lowest BCUT2D eigenvalue weighted by Gasteiger charge is -2.22. The Balaban J connectivity index is 1.51. The van der Waals surface area contributed by atoms with Crippen LogP contribution in [0.4, 0.5) is 11.4 Å². The Kier molecular flexibility index (Phi) is 17.5. The molecule has 3 atom stereocenters. The molecular weight excluding hydrogens is 605 g/mol. The fraction of sp³-hybridized carbons (Fsp3) is 0.500. The summed E-state index contributed by atoms with van der Waals surface area (Å²) in [5, 5.41) is 0. The Morgan fingerprint density at radius 2 is 0.680 bits per heavy atom. The van der Waals surface area contributed by atoms with Crippen molar-refractivity contribution in [3.05, 3.63) is 130 Å². The average molecular weight is 673 g/mol. The molecule has 4 aromatic rings. The molecule has 2 heteroatoms. The van der Waals surface area contributed by atoms with E-state index in [0.29, 0.717) is 17.8 Å². The fourth-order valence-electron chi connectivity index (χ4n) is 7.79. The predicted molar refractivity (Wildman–Crippen MR) is 220 cm³/mol. The van der Waals surface area contributed by atoms with E-state index in [-0.39, 0.29) is 0 Å². The number of hydrogen-bond acceptors (Lipinski definition) is 2. The quantitative estimate of drug-likeness (QED) is 0.0575. The molecule has 0 aliphatic rings. The van der Waals surface area contributed by atoms with Crippen LogP contribution in [-0.2, 0) is 6.42 Å². The third-order valence-corrected chi connectivity index (χ3v) is 11.0. The first kappa shape index (κ1) is 39.3. The molecule has 4 aromatic carbocycles. The Morgan fingerprint density at radius 1 is 0.360 bits per heavy atom. The van der Waals surface area contributed by atoms with E-state index in [4.69, 9.17) is 11.5 Å². The normalized spacial score (nSPS) is 13.3. The molecular formula is C48H68N2. The van der Waals surface area contributed by atoms with Crippen molar-refractivity contribution in [3.63, 3.8) is 0 Å². The summed E-state index contributed by atoms with van der Waals surface area (Å²) in [7, 11) is 0. The molecule has 4 rings (SSSR count). The summed E-state index contributed by atoms with van der Waals surface area (Å²) >= 11 is 0. The number of hydrogen-bond donors (Lipinski definition) is 2. The number of nitrogen functional groups attached to an aromatic ring is 2. The lowest BCUT2D eigenvalue weighted by atomic mass is 9.83. The Hall–Kier alpha value is -3.52. The number of nitrogens with two attached hydrogens (primary N) is 2. The van der Waals surface area contributed by atoms with E-state index in [1.54, 1.807) is 0 Å². The highest BCUT2D eigenvalue weighted by atomic mass is 14.5. The molecule has 0 radical (unpaired) electrons. The van der Waals surface area contributed by atoms with Crippen LogP contribution in [0.2, 0.25) is 0 Å². The van der Waals surface area contributed by atoms with Crippen LogP contribution in [0.15, 0.2) is 97.1 Å². The van der Waals surface area contributed by atoms with Gasteiger partial charge in [0.1, 0.15) is 0 Å². The van der Waals surface area contributed by atoms with Crippen LogP contribution in [-0.4, -0.2) is 0 Å². The van der Waals surface area contributed by atoms with E-state index in [0.717, 1.165) is 17.8 Å². The van der Waals surface area contributed by atoms with Crippen molar-refractivity contribution in [3.8, 4) is 0 Å². The van der Waals surface area contributed by atoms with E-state index in [9.17, 15) is 0 Å². The monoisotopic (exact) mass is 673 g/mol. The zero-order chi connectivity index (χ0) is 35.4. The minimum absolute atomic E-state index is 0.418. The minimum atomic E-state index is 0.418. The second-order valence-corrected chi connectivity index (χ2v) is 15.0. The molecule has 270 valence electrons. The van der Waals surface area contributed by atoms with E-state index in [1.165, 1.54) is 143 Å². The highest BCUT2D eigenvalue weighted by molar-refractivity contribution is 5.44. The molecule has 50 heavy (non-hydrogen) atoms. The highest BCUT2D eigenvalue weighted by Gasteiger charge is 2.18. The minimum Gasteiger partial charge on any atom is -0.399 e. The van der Waals surface area contributed by atoms with Crippen LogP contribution in [0.25, 0.3) is 0 Å². The third kappa shape index (κ3) is 13.0. The van der Waals surface area contributed by atoms with Crippen molar-refractivity contribution in [2.45, 2.75) is 154 Å². The molecule has 0 saturated carbocycles. The van der Waals surface area contributed by atoms with Gasteiger partial charge in [0.15, 0.2) is 0 Å². The van der Waals surface area contributed by atoms with Crippen molar-refractivity contribution in [2.75, 3.05) is 11.5 Å². The molecule has 3 unspecified atom stereocenters. The van der Waals surface area contributed by atoms with Crippen LogP contribution >= 0.6 is 0 Å². The van der Waals surface area contributed by atoms with Gasteiger partial charge in [-0.2, -0.15) is 0 Å². The van der Waals surface area contributed by atoms with Crippen LogP contribution < -0.4 is 11.5 Å². The van der Waals surface area contributed by atoms with E-state index < -0.39 is 0 Å². The van der Waals surface area contributed by atoms with Gasteiger partial charge in [-0.25, -0.2) is 0 Å². The third-order valence-electron chi connectivity index (χ3n) is 11.0. The van der Waals surface area contributed by atoms with Crippen molar-refractivity contribution in [2.24, 2.45) is 0 Å². The SMILES string of the molecule is CCCCCCCCCCC(Cc1ccc(C(CCCCC)c2ccc(N)cc2)cc1)c1ccc(C(CCCCC)c2ccc(N)cc2)cc1. The lowest BCUT2D eigenvalue weighted by Crippen LogP contribution is -2.06. The maximum absolute atomic E-state index is 6.06. The molecule has 0 amide bonds. The first-order valence-electron chi connectivity index (χ1n) is 20.4. The standard InChI is InChI=1S/C48H68N2/c1-4-7-10-11-12-13-14-17-18-44(39-25-27-41(28-26-39)48(20-16-9-6-3)43-31-35-46(50)36-32-43)37-38-21-23-40(24-22-38)47(19-15-8-5-2)42-29-33-45(49)34-30-42/h21-36,44,47-48H,4-20,37,49-50H2,1-3H3. The number of anilines is 2. The predicted octanol–water partition coefficient (Wildman–Crippen LogP) is 14.1. The molecule has 0 spiro atoms. The molecule has 4 N–H and O–H groups in total. The van der Waals surface area contributed by atoms with Gasteiger partial charge in [0.25, 0.3) is 0 Å². The number of unbranched alkanes of at least 4 members (excludes halogenated alkanes) is 11. The Bertz CT molecular complexity index is 1440. The Labute approximate surface area is 306 Å². The molecule has 0 aliphatic carbocycles.